The van der Waals surface area contributed by atoms with Crippen LogP contribution in [0, 0.1) is 10.1 Å². The van der Waals surface area contributed by atoms with Gasteiger partial charge in [0.2, 0.25) is 0 Å². The van der Waals surface area contributed by atoms with Gasteiger partial charge in [-0.25, -0.2) is 4.79 Å². The van der Waals surface area contributed by atoms with Crippen LogP contribution in [0.3, 0.4) is 0 Å². The van der Waals surface area contributed by atoms with Crippen LogP contribution in [0.15, 0.2) is 67.0 Å². The molecule has 0 aliphatic carbocycles. The Labute approximate surface area is 161 Å². The number of benzene rings is 2. The van der Waals surface area contributed by atoms with E-state index < -0.39 is 10.9 Å². The van der Waals surface area contributed by atoms with Gasteiger partial charge in [0, 0.05) is 24.5 Å². The molecule has 140 valence electrons. The zero-order valence-electron chi connectivity index (χ0n) is 14.9. The first-order chi connectivity index (χ1) is 13.6. The number of nitro benzene ring substituents is 1. The molecule has 1 heterocycles. The predicted octanol–water partition coefficient (Wildman–Crippen LogP) is 4.39. The van der Waals surface area contributed by atoms with Crippen LogP contribution in [0.5, 0.6) is 11.5 Å². The summed E-state index contributed by atoms with van der Waals surface area (Å²) in [6.45, 7) is 0. The Morgan fingerprint density at radius 2 is 1.75 bits per heavy atom. The molecule has 0 saturated carbocycles. The van der Waals surface area contributed by atoms with Crippen molar-refractivity contribution < 1.29 is 19.2 Å². The molecule has 28 heavy (non-hydrogen) atoms. The summed E-state index contributed by atoms with van der Waals surface area (Å²) < 4.78 is 10.7. The monoisotopic (exact) mass is 376 g/mol. The lowest BCUT2D eigenvalue weighted by Gasteiger charge is -2.10. The van der Waals surface area contributed by atoms with Crippen LogP contribution in [0.4, 0.5) is 5.69 Å². The number of nitrogens with zero attached hydrogens (tertiary/aromatic N) is 2. The number of ether oxygens (including phenoxy) is 2. The van der Waals surface area contributed by atoms with Gasteiger partial charge in [-0.1, -0.05) is 24.3 Å². The number of nitro groups is 1. The third-order valence-corrected chi connectivity index (χ3v) is 3.86. The number of methoxy groups -OCH3 is 1. The number of carbonyl (C=O) groups is 1. The predicted molar refractivity (Wildman–Crippen MR) is 104 cm³/mol. The molecular weight excluding hydrogens is 360 g/mol. The lowest BCUT2D eigenvalue weighted by Crippen LogP contribution is -2.09. The fourth-order valence-corrected chi connectivity index (χ4v) is 2.44. The van der Waals surface area contributed by atoms with Gasteiger partial charge in [-0.2, -0.15) is 0 Å². The van der Waals surface area contributed by atoms with Crippen LogP contribution in [-0.2, 0) is 0 Å². The number of non-ortho nitro benzene ring substituents is 1. The van der Waals surface area contributed by atoms with Crippen molar-refractivity contribution in [2.75, 3.05) is 7.11 Å². The van der Waals surface area contributed by atoms with Gasteiger partial charge in [0.1, 0.15) is 0 Å². The lowest BCUT2D eigenvalue weighted by atomic mass is 10.1. The normalized spacial score (nSPS) is 10.6. The summed E-state index contributed by atoms with van der Waals surface area (Å²) in [5, 5.41) is 10.9. The molecule has 7 nitrogen and oxygen atoms in total. The molecule has 0 aliphatic rings. The smallest absolute Gasteiger partial charge is 0.343 e. The maximum absolute atomic E-state index is 12.3. The highest BCUT2D eigenvalue weighted by Crippen LogP contribution is 2.30. The van der Waals surface area contributed by atoms with Crippen molar-refractivity contribution in [3.63, 3.8) is 0 Å². The van der Waals surface area contributed by atoms with Crippen molar-refractivity contribution in [1.29, 1.82) is 0 Å². The summed E-state index contributed by atoms with van der Waals surface area (Å²) in [6.07, 6.45) is 7.22. The van der Waals surface area contributed by atoms with E-state index in [9.17, 15) is 14.9 Å². The molecule has 0 bridgehead atoms. The van der Waals surface area contributed by atoms with Crippen LogP contribution in [0.2, 0.25) is 0 Å². The number of carbonyl (C=O) groups excluding carboxylic acids is 1. The topological polar surface area (TPSA) is 91.6 Å². The van der Waals surface area contributed by atoms with Crippen molar-refractivity contribution in [3.8, 4) is 11.5 Å². The number of aromatic nitrogens is 1. The molecule has 0 saturated heterocycles. The number of rotatable bonds is 6. The van der Waals surface area contributed by atoms with Crippen molar-refractivity contribution >= 4 is 23.8 Å². The highest BCUT2D eigenvalue weighted by molar-refractivity contribution is 5.92. The van der Waals surface area contributed by atoms with Crippen LogP contribution >= 0.6 is 0 Å². The van der Waals surface area contributed by atoms with E-state index in [1.165, 1.54) is 31.4 Å². The van der Waals surface area contributed by atoms with Crippen molar-refractivity contribution in [1.82, 2.24) is 4.98 Å². The van der Waals surface area contributed by atoms with Crippen molar-refractivity contribution in [2.24, 2.45) is 0 Å². The fourth-order valence-electron chi connectivity index (χ4n) is 2.44. The summed E-state index contributed by atoms with van der Waals surface area (Å²) in [7, 11) is 1.47. The fraction of sp³-hybridized carbons (Fsp3) is 0.0476. The Bertz CT molecular complexity index is 1030. The molecule has 0 N–H and O–H groups in total. The van der Waals surface area contributed by atoms with Crippen molar-refractivity contribution in [2.45, 2.75) is 0 Å². The second-order valence-electron chi connectivity index (χ2n) is 5.72. The molecule has 0 atom stereocenters. The third-order valence-electron chi connectivity index (χ3n) is 3.86. The van der Waals surface area contributed by atoms with Gasteiger partial charge in [0.25, 0.3) is 5.69 Å². The van der Waals surface area contributed by atoms with Gasteiger partial charge in [0.15, 0.2) is 11.5 Å². The molecule has 1 aromatic heterocycles. The standard InChI is InChI=1S/C21H16N2O5/c1-27-20-13-16(6-5-15-9-11-22-12-10-15)7-8-19(20)28-21(24)17-3-2-4-18(14-17)23(25)26/h2-14H,1H3/b6-5+. The summed E-state index contributed by atoms with van der Waals surface area (Å²) in [4.78, 5) is 26.6. The third kappa shape index (κ3) is 4.59. The van der Waals surface area contributed by atoms with Gasteiger partial charge in [0.05, 0.1) is 17.6 Å². The molecule has 0 amide bonds. The van der Waals surface area contributed by atoms with E-state index in [4.69, 9.17) is 9.47 Å². The number of hydrogen-bond donors (Lipinski definition) is 0. The van der Waals surface area contributed by atoms with E-state index in [2.05, 4.69) is 4.98 Å². The average molecular weight is 376 g/mol. The minimum Gasteiger partial charge on any atom is -0.493 e. The van der Waals surface area contributed by atoms with E-state index in [1.54, 1.807) is 30.6 Å². The first-order valence-corrected chi connectivity index (χ1v) is 8.29. The molecule has 0 spiro atoms. The molecule has 0 unspecified atom stereocenters. The highest BCUT2D eigenvalue weighted by atomic mass is 16.6. The molecule has 0 fully saturated rings. The van der Waals surface area contributed by atoms with E-state index in [0.717, 1.165) is 11.1 Å². The average Bonchev–Trinajstić information content (AvgIpc) is 2.73. The first-order valence-electron chi connectivity index (χ1n) is 8.29. The molecule has 7 heteroatoms. The number of hydrogen-bond acceptors (Lipinski definition) is 6. The number of pyridine rings is 1. The maximum atomic E-state index is 12.3. The molecular formula is C21H16N2O5. The summed E-state index contributed by atoms with van der Waals surface area (Å²) in [6, 6.07) is 14.2. The minimum atomic E-state index is -0.706. The van der Waals surface area contributed by atoms with Gasteiger partial charge >= 0.3 is 5.97 Å². The van der Waals surface area contributed by atoms with Gasteiger partial charge in [-0.15, -0.1) is 0 Å². The largest absolute Gasteiger partial charge is 0.493 e. The molecule has 0 aliphatic heterocycles. The van der Waals surface area contributed by atoms with E-state index >= 15 is 0 Å². The SMILES string of the molecule is COc1cc(/C=C/c2ccncc2)ccc1OC(=O)c1cccc([N+](=O)[O-])c1. The molecule has 3 aromatic rings. The molecule has 3 rings (SSSR count). The zero-order chi connectivity index (χ0) is 19.9. The van der Waals surface area contributed by atoms with E-state index in [1.807, 2.05) is 24.3 Å². The highest BCUT2D eigenvalue weighted by Gasteiger charge is 2.15. The Hall–Kier alpha value is -4.00. The van der Waals surface area contributed by atoms with Gasteiger partial charge in [-0.05, 0) is 41.5 Å². The summed E-state index contributed by atoms with van der Waals surface area (Å²) >= 11 is 0. The van der Waals surface area contributed by atoms with Crippen molar-refractivity contribution in [3.05, 3.63) is 93.8 Å². The first kappa shape index (κ1) is 18.8. The second-order valence-corrected chi connectivity index (χ2v) is 5.72. The molecule has 2 aromatic carbocycles. The minimum absolute atomic E-state index is 0.0814. The molecule has 0 radical (unpaired) electrons. The Balaban J connectivity index is 1.79. The summed E-state index contributed by atoms with van der Waals surface area (Å²) in [5.41, 5.74) is 1.75. The second kappa shape index (κ2) is 8.59. The lowest BCUT2D eigenvalue weighted by molar-refractivity contribution is -0.384. The quantitative estimate of drug-likeness (QED) is 0.274. The van der Waals surface area contributed by atoms with E-state index in [-0.39, 0.29) is 17.0 Å². The number of esters is 1. The van der Waals surface area contributed by atoms with Gasteiger partial charge in [-0.3, -0.25) is 15.1 Å². The van der Waals surface area contributed by atoms with Crippen LogP contribution in [-0.4, -0.2) is 23.0 Å². The Kier molecular flexibility index (Phi) is 5.76. The van der Waals surface area contributed by atoms with Crippen LogP contribution in [0.1, 0.15) is 21.5 Å². The van der Waals surface area contributed by atoms with Gasteiger partial charge < -0.3 is 9.47 Å². The van der Waals surface area contributed by atoms with Crippen LogP contribution < -0.4 is 9.47 Å². The zero-order valence-corrected chi connectivity index (χ0v) is 14.9. The summed E-state index contributed by atoms with van der Waals surface area (Å²) in [5.74, 6) is -0.113. The Morgan fingerprint density at radius 3 is 2.46 bits per heavy atom. The van der Waals surface area contributed by atoms with E-state index in [0.29, 0.717) is 5.75 Å². The van der Waals surface area contributed by atoms with Crippen LogP contribution in [0.25, 0.3) is 12.2 Å². The maximum Gasteiger partial charge on any atom is 0.343 e. The Morgan fingerprint density at radius 1 is 1.00 bits per heavy atom.